The van der Waals surface area contributed by atoms with Crippen molar-refractivity contribution in [2.24, 2.45) is 35.5 Å². The number of ether oxygens (including phenoxy) is 9. The molecule has 0 saturated carbocycles. The zero-order chi connectivity index (χ0) is 83.6. The van der Waals surface area contributed by atoms with E-state index in [9.17, 15) is 68.1 Å². The third kappa shape index (κ3) is 22.3. The quantitative estimate of drug-likeness (QED) is 0.0415. The van der Waals surface area contributed by atoms with Gasteiger partial charge in [0, 0.05) is 51.0 Å². The van der Waals surface area contributed by atoms with Crippen LogP contribution >= 0.6 is 0 Å². The monoisotopic (exact) mass is 1590 g/mol. The SMILES string of the molecule is CC[C@H]1OC(=O)[C@H](C)[C@@H](O)[C@H](C)[C@@H](O[C@@H]2O[C@H](C)C[C@H](NC)[C@H]2OC(=O)c2ccccc2)[C@](C)(O)C[C@@H](C)CN(C)[C@H](C)[C@@H](O)[C@]1(C)O.CC[C@H]1OC(=O)[C@H](C)[C@@H](OC(C)=O)[C@H](C)[C@@H](O[C@@H]2O[C@H](C)C[C@H](N(C)S(=O)(=O)c3ccc4ccccc4c3)[C@H]2OC(=O)c2ccccc2)[C@](C)(O)C[C@@H](C)CN(C)[C@H](C)[C@@H](O)[C@]1(C)O. The Morgan fingerprint density at radius 2 is 0.991 bits per heavy atom. The number of hydrogen-bond donors (Lipinski definition) is 8. The number of aliphatic hydroxyl groups excluding tert-OH is 3. The van der Waals surface area contributed by atoms with Gasteiger partial charge in [0.2, 0.25) is 10.0 Å². The number of rotatable bonds is 15. The predicted molar refractivity (Wildman–Crippen MR) is 419 cm³/mol. The second kappa shape index (κ2) is 39.2. The minimum absolute atomic E-state index is 0.0227. The average molecular weight is 1590 g/mol. The highest BCUT2D eigenvalue weighted by atomic mass is 32.2. The summed E-state index contributed by atoms with van der Waals surface area (Å²) in [6.45, 7) is 28.8. The van der Waals surface area contributed by atoms with Gasteiger partial charge in [0.1, 0.15) is 41.7 Å². The van der Waals surface area contributed by atoms with Crippen molar-refractivity contribution in [1.82, 2.24) is 19.4 Å². The Bertz CT molecular complexity index is 3830. The number of nitrogens with one attached hydrogen (secondary N) is 1. The number of nitrogens with zero attached hydrogens (tertiary/aromatic N) is 3. The third-order valence-corrected chi connectivity index (χ3v) is 25.5. The van der Waals surface area contributed by atoms with E-state index in [1.807, 2.05) is 61.9 Å². The smallest absolute Gasteiger partial charge is 0.338 e. The number of carbonyl (C=O) groups excluding carboxylic acids is 5. The van der Waals surface area contributed by atoms with E-state index in [-0.39, 0.29) is 66.5 Å². The van der Waals surface area contributed by atoms with Gasteiger partial charge >= 0.3 is 29.8 Å². The second-order valence-corrected chi connectivity index (χ2v) is 35.2. The molecule has 8 N–H and O–H groups in total. The molecule has 0 aromatic heterocycles. The summed E-state index contributed by atoms with van der Waals surface area (Å²) in [6, 6.07) is 26.4. The highest BCUT2D eigenvalue weighted by Crippen LogP contribution is 2.42. The maximum absolute atomic E-state index is 14.6. The van der Waals surface area contributed by atoms with Crippen LogP contribution in [-0.2, 0) is 67.0 Å². The standard InChI is InChI=1S/C48H68N2O13S.C36H60N2O10/c1-12-39-48(9,56)42(52)32(6)49(10)27-28(2)26-47(8,55)43(30(4)40(60-33(7)51)31(5)44(53)61-39)63-46-41(62-45(54)35-19-14-13-15-20-35)38(24-29(3)59-46)50(11)64(57,58)37-23-22-34-18-16-17-21-36(34)25-37;1-11-27-36(8,44)30(40)24(6)38(10)19-20(2)18-35(7,43)31(22(4)28(39)23(5)32(41)46-27)48-34-29(26(37-9)17-21(3)45-34)47-33(42)25-15-13-12-14-16-25/h13-23,25,28-32,38-43,46,52,55-56H,12,24,26-27H2,1-11H3;12-16,20-24,26-31,34,37,39-40,43-44H,11,17-19H2,1-10H3/t28-,29-,30+,31-,32-,38+,39-,40+,41-,42-,43-,46+,47-,48-;20-,21-,22+,23-,24-,26+,27-,28+,29-,30-,31-,34+,35-,36-/m11/s1. The molecular weight excluding hydrogens is 1460 g/mol. The lowest BCUT2D eigenvalue weighted by Gasteiger charge is -2.47. The third-order valence-electron chi connectivity index (χ3n) is 23.6. The molecule has 28 heteroatoms. The zero-order valence-corrected chi connectivity index (χ0v) is 70.1. The summed E-state index contributed by atoms with van der Waals surface area (Å²) in [6.07, 6.45) is -14.6. The van der Waals surface area contributed by atoms with Gasteiger partial charge in [-0.2, -0.15) is 4.31 Å². The largest absolute Gasteiger partial charge is 0.461 e. The fourth-order valence-electron chi connectivity index (χ4n) is 16.9. The van der Waals surface area contributed by atoms with Gasteiger partial charge in [-0.3, -0.25) is 14.4 Å². The summed E-state index contributed by atoms with van der Waals surface area (Å²) in [5.41, 5.74) is -6.47. The molecule has 0 bridgehead atoms. The van der Waals surface area contributed by atoms with Crippen molar-refractivity contribution >= 4 is 50.6 Å². The molecule has 4 aromatic carbocycles. The van der Waals surface area contributed by atoms with Crippen LogP contribution in [0.2, 0.25) is 0 Å². The molecule has 4 aliphatic heterocycles. The number of cyclic esters (lactones) is 2. The lowest BCUT2D eigenvalue weighted by molar-refractivity contribution is -0.297. The van der Waals surface area contributed by atoms with Crippen molar-refractivity contribution in [1.29, 1.82) is 0 Å². The van der Waals surface area contributed by atoms with Crippen LogP contribution in [0.3, 0.4) is 0 Å². The molecule has 112 heavy (non-hydrogen) atoms. The molecule has 4 fully saturated rings. The molecule has 4 aromatic rings. The summed E-state index contributed by atoms with van der Waals surface area (Å²) in [5, 5.41) is 87.3. The number of carbonyl (C=O) groups is 5. The first-order chi connectivity index (χ1) is 52.2. The molecule has 27 nitrogen and oxygen atoms in total. The van der Waals surface area contributed by atoms with Crippen LogP contribution in [0, 0.1) is 35.5 Å². The molecule has 28 atom stereocenters. The van der Waals surface area contributed by atoms with Gasteiger partial charge in [0.15, 0.2) is 24.8 Å². The van der Waals surface area contributed by atoms with Crippen LogP contribution < -0.4 is 5.32 Å². The van der Waals surface area contributed by atoms with Crippen molar-refractivity contribution in [2.75, 3.05) is 41.3 Å². The van der Waals surface area contributed by atoms with Crippen LogP contribution in [0.4, 0.5) is 0 Å². The lowest BCUT2D eigenvalue weighted by Crippen LogP contribution is -2.61. The van der Waals surface area contributed by atoms with Gasteiger partial charge in [-0.15, -0.1) is 0 Å². The molecule has 4 aliphatic rings. The van der Waals surface area contributed by atoms with Crippen molar-refractivity contribution in [3.63, 3.8) is 0 Å². The fraction of sp³-hybridized carbons (Fsp3) is 0.679. The molecule has 628 valence electrons. The van der Waals surface area contributed by atoms with Gasteiger partial charge < -0.3 is 93.5 Å². The second-order valence-electron chi connectivity index (χ2n) is 33.2. The Balaban J connectivity index is 0.000000324. The lowest BCUT2D eigenvalue weighted by atomic mass is 9.77. The normalized spacial score (nSPS) is 38.4. The number of likely N-dealkylation sites (N-methyl/N-ethyl adjacent to an activating group) is 4. The molecule has 0 unspecified atom stereocenters. The highest BCUT2D eigenvalue weighted by Gasteiger charge is 2.55. The van der Waals surface area contributed by atoms with Crippen LogP contribution in [0.15, 0.2) is 108 Å². The Hall–Kier alpha value is -6.16. The van der Waals surface area contributed by atoms with Gasteiger partial charge in [0.05, 0.1) is 81.7 Å². The van der Waals surface area contributed by atoms with Crippen LogP contribution in [0.5, 0.6) is 0 Å². The molecule has 8 rings (SSSR count). The van der Waals surface area contributed by atoms with Gasteiger partial charge in [-0.05, 0) is 188 Å². The number of fused-ring (bicyclic) bond motifs is 1. The molecule has 4 heterocycles. The molecule has 4 saturated heterocycles. The maximum atomic E-state index is 14.6. The average Bonchev–Trinajstić information content (AvgIpc) is 0.941. The van der Waals surface area contributed by atoms with E-state index in [4.69, 9.17) is 42.6 Å². The predicted octanol–water partition coefficient (Wildman–Crippen LogP) is 7.82. The van der Waals surface area contributed by atoms with E-state index in [0.717, 1.165) is 5.39 Å². The van der Waals surface area contributed by atoms with Gasteiger partial charge in [-0.25, -0.2) is 18.0 Å². The Morgan fingerprint density at radius 1 is 0.571 bits per heavy atom. The summed E-state index contributed by atoms with van der Waals surface area (Å²) in [5.74, 6) is -8.24. The number of hydrogen-bond acceptors (Lipinski definition) is 26. The topological polar surface area (TPSA) is 366 Å². The fourth-order valence-corrected chi connectivity index (χ4v) is 18.4. The minimum atomic E-state index is -4.25. The molecular formula is C84H128N4O23S. The van der Waals surface area contributed by atoms with Crippen molar-refractivity contribution < 1.29 is 111 Å². The number of sulfonamides is 1. The van der Waals surface area contributed by atoms with E-state index in [1.165, 1.54) is 52.0 Å². The van der Waals surface area contributed by atoms with E-state index < -0.39 is 184 Å². The number of aliphatic hydroxyl groups is 7. The van der Waals surface area contributed by atoms with Crippen LogP contribution in [0.25, 0.3) is 10.8 Å². The van der Waals surface area contributed by atoms with E-state index in [1.54, 1.807) is 149 Å². The maximum Gasteiger partial charge on any atom is 0.338 e. The van der Waals surface area contributed by atoms with E-state index in [0.29, 0.717) is 30.5 Å². The number of benzene rings is 4. The first kappa shape index (κ1) is 93.0. The van der Waals surface area contributed by atoms with Crippen LogP contribution in [0.1, 0.15) is 177 Å². The van der Waals surface area contributed by atoms with Crippen LogP contribution in [-0.4, -0.2) is 262 Å². The van der Waals surface area contributed by atoms with Gasteiger partial charge in [-0.1, -0.05) is 108 Å². The Kier molecular flexibility index (Phi) is 32.5. The van der Waals surface area contributed by atoms with Crippen molar-refractivity contribution in [3.8, 4) is 0 Å². The summed E-state index contributed by atoms with van der Waals surface area (Å²) < 4.78 is 86.4. The highest BCUT2D eigenvalue weighted by molar-refractivity contribution is 7.89. The van der Waals surface area contributed by atoms with Gasteiger partial charge in [0.25, 0.3) is 0 Å². The summed E-state index contributed by atoms with van der Waals surface area (Å²) in [7, 11) is 2.53. The Labute approximate surface area is 662 Å². The molecule has 0 amide bonds. The first-order valence-corrected chi connectivity index (χ1v) is 40.9. The number of esters is 5. The van der Waals surface area contributed by atoms with Crippen molar-refractivity contribution in [2.45, 2.75) is 294 Å². The van der Waals surface area contributed by atoms with Crippen molar-refractivity contribution in [3.05, 3.63) is 114 Å². The van der Waals surface area contributed by atoms with E-state index >= 15 is 0 Å². The van der Waals surface area contributed by atoms with E-state index in [2.05, 4.69) is 5.32 Å². The molecule has 0 spiro atoms. The Morgan fingerprint density at radius 3 is 1.45 bits per heavy atom. The summed E-state index contributed by atoms with van der Waals surface area (Å²) >= 11 is 0. The molecule has 0 aliphatic carbocycles. The molecule has 0 radical (unpaired) electrons. The zero-order valence-electron chi connectivity index (χ0n) is 69.2. The summed E-state index contributed by atoms with van der Waals surface area (Å²) in [4.78, 5) is 71.4. The first-order valence-electron chi connectivity index (χ1n) is 39.5. The minimum Gasteiger partial charge on any atom is -0.461 e.